The van der Waals surface area contributed by atoms with Gasteiger partial charge in [-0.05, 0) is 57.2 Å². The molecule has 3 aliphatic rings. The number of piperidine rings is 1. The lowest BCUT2D eigenvalue weighted by Crippen LogP contribution is -2.54. The largest absolute Gasteiger partial charge is 0.339 e. The smallest absolute Gasteiger partial charge is 0.253 e. The van der Waals surface area contributed by atoms with Gasteiger partial charge in [-0.3, -0.25) is 14.5 Å². The van der Waals surface area contributed by atoms with Crippen LogP contribution in [0.2, 0.25) is 0 Å². The van der Waals surface area contributed by atoms with E-state index in [0.29, 0.717) is 26.1 Å². The highest BCUT2D eigenvalue weighted by Gasteiger charge is 2.40. The molecule has 0 spiro atoms. The van der Waals surface area contributed by atoms with Crippen molar-refractivity contribution in [3.05, 3.63) is 35.9 Å². The zero-order valence-corrected chi connectivity index (χ0v) is 21.2. The molecule has 188 valence electrons. The summed E-state index contributed by atoms with van der Waals surface area (Å²) in [7, 11) is -3.04. The van der Waals surface area contributed by atoms with Gasteiger partial charge in [-0.15, -0.1) is 0 Å². The Morgan fingerprint density at radius 2 is 1.62 bits per heavy atom. The molecule has 0 radical (unpaired) electrons. The number of hydrogen-bond acceptors (Lipinski definition) is 5. The number of sulfone groups is 1. The number of amides is 2. The van der Waals surface area contributed by atoms with Gasteiger partial charge in [-0.2, -0.15) is 0 Å². The molecule has 2 heterocycles. The zero-order valence-electron chi connectivity index (χ0n) is 20.4. The van der Waals surface area contributed by atoms with E-state index in [4.69, 9.17) is 0 Å². The summed E-state index contributed by atoms with van der Waals surface area (Å²) in [5.41, 5.74) is 0.722. The second-order valence-corrected chi connectivity index (χ2v) is 12.4. The van der Waals surface area contributed by atoms with Gasteiger partial charge in [0.25, 0.3) is 5.91 Å². The molecule has 1 saturated carbocycles. The van der Waals surface area contributed by atoms with Crippen LogP contribution in [0.3, 0.4) is 0 Å². The molecule has 0 bridgehead atoms. The molecule has 1 aromatic rings. The third kappa shape index (κ3) is 6.00. The third-order valence-corrected chi connectivity index (χ3v) is 9.50. The van der Waals surface area contributed by atoms with Gasteiger partial charge in [0.1, 0.15) is 0 Å². The van der Waals surface area contributed by atoms with Crippen LogP contribution in [0.25, 0.3) is 0 Å². The van der Waals surface area contributed by atoms with Crippen LogP contribution in [-0.4, -0.2) is 90.7 Å². The molecule has 0 aromatic heterocycles. The molecular weight excluding hydrogens is 450 g/mol. The molecule has 7 nitrogen and oxygen atoms in total. The van der Waals surface area contributed by atoms with Crippen LogP contribution in [0.4, 0.5) is 0 Å². The second-order valence-electron chi connectivity index (χ2n) is 10.2. The summed E-state index contributed by atoms with van der Waals surface area (Å²) in [5.74, 6) is 0.473. The van der Waals surface area contributed by atoms with Gasteiger partial charge in [0.05, 0.1) is 18.1 Å². The fourth-order valence-electron chi connectivity index (χ4n) is 6.01. The second kappa shape index (κ2) is 11.2. The van der Waals surface area contributed by atoms with Crippen molar-refractivity contribution in [1.82, 2.24) is 14.7 Å². The van der Waals surface area contributed by atoms with Gasteiger partial charge in [0.2, 0.25) is 5.91 Å². The van der Waals surface area contributed by atoms with Crippen LogP contribution in [0.5, 0.6) is 0 Å². The summed E-state index contributed by atoms with van der Waals surface area (Å²) in [6, 6.07) is 9.68. The van der Waals surface area contributed by atoms with Crippen LogP contribution in [0.15, 0.2) is 30.3 Å². The number of benzene rings is 1. The summed E-state index contributed by atoms with van der Waals surface area (Å²) in [5, 5.41) is 0. The molecule has 3 fully saturated rings. The highest BCUT2D eigenvalue weighted by Crippen LogP contribution is 2.30. The topological polar surface area (TPSA) is 78.0 Å². The molecule has 2 amide bonds. The third-order valence-electron chi connectivity index (χ3n) is 7.75. The van der Waals surface area contributed by atoms with E-state index in [0.717, 1.165) is 57.1 Å². The number of hydrogen-bond donors (Lipinski definition) is 0. The van der Waals surface area contributed by atoms with E-state index in [-0.39, 0.29) is 41.4 Å². The van der Waals surface area contributed by atoms with E-state index in [9.17, 15) is 18.0 Å². The Morgan fingerprint density at radius 1 is 0.941 bits per heavy atom. The Labute approximate surface area is 204 Å². The van der Waals surface area contributed by atoms with Crippen molar-refractivity contribution in [2.75, 3.05) is 37.7 Å². The molecule has 8 heteroatoms. The van der Waals surface area contributed by atoms with Crippen LogP contribution < -0.4 is 0 Å². The molecule has 1 atom stereocenters. The Balaban J connectivity index is 1.39. The molecule has 1 aromatic carbocycles. The van der Waals surface area contributed by atoms with Crippen molar-refractivity contribution in [2.45, 2.75) is 76.4 Å². The van der Waals surface area contributed by atoms with Crippen molar-refractivity contribution < 1.29 is 18.0 Å². The normalized spacial score (nSPS) is 23.5. The fourth-order valence-corrected chi connectivity index (χ4v) is 7.72. The molecule has 1 aliphatic carbocycles. The monoisotopic (exact) mass is 489 g/mol. The Kier molecular flexibility index (Phi) is 8.30. The van der Waals surface area contributed by atoms with Crippen molar-refractivity contribution in [3.8, 4) is 0 Å². The first-order valence-electron chi connectivity index (χ1n) is 13.0. The van der Waals surface area contributed by atoms with Gasteiger partial charge >= 0.3 is 0 Å². The van der Waals surface area contributed by atoms with Gasteiger partial charge in [-0.1, -0.05) is 38.0 Å². The number of carbonyl (C=O) groups excluding carboxylic acids is 2. The predicted molar refractivity (Wildman–Crippen MR) is 133 cm³/mol. The molecule has 1 unspecified atom stereocenters. The van der Waals surface area contributed by atoms with Crippen LogP contribution in [-0.2, 0) is 14.6 Å². The summed E-state index contributed by atoms with van der Waals surface area (Å²) in [6.07, 6.45) is 7.42. The summed E-state index contributed by atoms with van der Waals surface area (Å²) in [4.78, 5) is 32.6. The number of rotatable bonds is 8. The predicted octanol–water partition coefficient (Wildman–Crippen LogP) is 2.96. The first kappa shape index (κ1) is 25.2. The standard InChI is InChI=1S/C26H39N3O4S/c1-2-15-28(22-12-16-27(17-13-22)26(31)21-8-4-3-5-9-21)19-25(30)29(23-10-6-7-11-23)24-14-18-34(32,33)20-24/h3-5,8-9,22-24H,2,6-7,10-20H2,1H3. The first-order chi connectivity index (χ1) is 16.4. The van der Waals surface area contributed by atoms with E-state index in [1.807, 2.05) is 40.1 Å². The molecule has 0 N–H and O–H groups in total. The van der Waals surface area contributed by atoms with Gasteiger partial charge in [-0.25, -0.2) is 8.42 Å². The number of carbonyl (C=O) groups is 2. The maximum absolute atomic E-state index is 13.6. The van der Waals surface area contributed by atoms with Gasteiger partial charge in [0.15, 0.2) is 9.84 Å². The molecular formula is C26H39N3O4S. The minimum atomic E-state index is -3.04. The minimum Gasteiger partial charge on any atom is -0.339 e. The maximum Gasteiger partial charge on any atom is 0.253 e. The lowest BCUT2D eigenvalue weighted by molar-refractivity contribution is -0.137. The minimum absolute atomic E-state index is 0.0759. The number of nitrogens with zero attached hydrogens (tertiary/aromatic N) is 3. The molecule has 2 aliphatic heterocycles. The Bertz CT molecular complexity index is 938. The fraction of sp³-hybridized carbons (Fsp3) is 0.692. The Morgan fingerprint density at radius 3 is 2.21 bits per heavy atom. The molecule has 34 heavy (non-hydrogen) atoms. The van der Waals surface area contributed by atoms with E-state index in [1.54, 1.807) is 0 Å². The highest BCUT2D eigenvalue weighted by molar-refractivity contribution is 7.91. The average Bonchev–Trinajstić information content (AvgIpc) is 3.49. The SMILES string of the molecule is CCCN(CC(=O)N(C1CCCC1)C1CCS(=O)(=O)C1)C1CCN(C(=O)c2ccccc2)CC1. The first-order valence-corrected chi connectivity index (χ1v) is 14.8. The summed E-state index contributed by atoms with van der Waals surface area (Å²) < 4.78 is 24.3. The average molecular weight is 490 g/mol. The van der Waals surface area contributed by atoms with E-state index >= 15 is 0 Å². The Hall–Kier alpha value is -1.93. The molecule has 4 rings (SSSR count). The zero-order chi connectivity index (χ0) is 24.1. The van der Waals surface area contributed by atoms with Crippen molar-refractivity contribution >= 4 is 21.7 Å². The lowest BCUT2D eigenvalue weighted by Gasteiger charge is -2.40. The van der Waals surface area contributed by atoms with Crippen molar-refractivity contribution in [2.24, 2.45) is 0 Å². The van der Waals surface area contributed by atoms with Crippen LogP contribution >= 0.6 is 0 Å². The van der Waals surface area contributed by atoms with Crippen LogP contribution in [0.1, 0.15) is 68.6 Å². The van der Waals surface area contributed by atoms with Crippen molar-refractivity contribution in [1.29, 1.82) is 0 Å². The van der Waals surface area contributed by atoms with Crippen molar-refractivity contribution in [3.63, 3.8) is 0 Å². The van der Waals surface area contributed by atoms with E-state index in [2.05, 4.69) is 11.8 Å². The van der Waals surface area contributed by atoms with Crippen LogP contribution in [0, 0.1) is 0 Å². The van der Waals surface area contributed by atoms with E-state index in [1.165, 1.54) is 0 Å². The summed E-state index contributed by atoms with van der Waals surface area (Å²) in [6.45, 7) is 4.70. The number of likely N-dealkylation sites (tertiary alicyclic amines) is 1. The maximum atomic E-state index is 13.6. The van der Waals surface area contributed by atoms with Gasteiger partial charge < -0.3 is 9.80 Å². The summed E-state index contributed by atoms with van der Waals surface area (Å²) >= 11 is 0. The highest BCUT2D eigenvalue weighted by atomic mass is 32.2. The quantitative estimate of drug-likeness (QED) is 0.561. The molecule has 2 saturated heterocycles. The van der Waals surface area contributed by atoms with Gasteiger partial charge in [0, 0.05) is 36.8 Å². The lowest BCUT2D eigenvalue weighted by atomic mass is 10.0. The van der Waals surface area contributed by atoms with E-state index < -0.39 is 9.84 Å².